The summed E-state index contributed by atoms with van der Waals surface area (Å²) in [6, 6.07) is 19.3. The summed E-state index contributed by atoms with van der Waals surface area (Å²) in [6.07, 6.45) is 1.72. The molecule has 1 N–H and O–H groups in total. The lowest BCUT2D eigenvalue weighted by Gasteiger charge is -2.12. The largest absolute Gasteiger partial charge is 0.492 e. The number of rotatable bonds is 7. The van der Waals surface area contributed by atoms with E-state index in [1.54, 1.807) is 17.5 Å². The van der Waals surface area contributed by atoms with Gasteiger partial charge in [0, 0.05) is 6.20 Å². The average molecular weight is 456 g/mol. The van der Waals surface area contributed by atoms with Crippen molar-refractivity contribution in [1.82, 2.24) is 14.9 Å². The first-order valence-corrected chi connectivity index (χ1v) is 10.5. The zero-order valence-electron chi connectivity index (χ0n) is 15.0. The summed E-state index contributed by atoms with van der Waals surface area (Å²) in [5.41, 5.74) is 2.48. The van der Waals surface area contributed by atoms with Crippen LogP contribution in [0.3, 0.4) is 0 Å². The Morgan fingerprint density at radius 2 is 1.96 bits per heavy atom. The van der Waals surface area contributed by atoms with Gasteiger partial charge in [-0.1, -0.05) is 24.3 Å². The highest BCUT2D eigenvalue weighted by atomic mass is 79.9. The molecule has 0 saturated carbocycles. The molecule has 3 heterocycles. The Labute approximate surface area is 175 Å². The summed E-state index contributed by atoms with van der Waals surface area (Å²) >= 11 is 5.14. The maximum atomic E-state index is 12.8. The van der Waals surface area contributed by atoms with E-state index in [9.17, 15) is 4.79 Å². The fraction of sp³-hybridized carbons (Fsp3) is 0.143. The summed E-state index contributed by atoms with van der Waals surface area (Å²) in [4.78, 5) is 17.1. The van der Waals surface area contributed by atoms with Gasteiger partial charge in [0.05, 0.1) is 32.8 Å². The van der Waals surface area contributed by atoms with Gasteiger partial charge < -0.3 is 14.6 Å². The number of carbonyl (C=O) groups excluding carboxylic acids is 1. The third-order valence-electron chi connectivity index (χ3n) is 4.28. The Morgan fingerprint density at radius 3 is 2.75 bits per heavy atom. The molecule has 0 saturated heterocycles. The van der Waals surface area contributed by atoms with Crippen molar-refractivity contribution in [3.05, 3.63) is 82.0 Å². The van der Waals surface area contributed by atoms with Crippen molar-refractivity contribution in [1.29, 1.82) is 0 Å². The molecule has 142 valence electrons. The van der Waals surface area contributed by atoms with Crippen LogP contribution < -0.4 is 10.1 Å². The highest BCUT2D eigenvalue weighted by molar-refractivity contribution is 9.11. The molecule has 0 fully saturated rings. The van der Waals surface area contributed by atoms with E-state index in [1.807, 2.05) is 65.2 Å². The van der Waals surface area contributed by atoms with Crippen LogP contribution in [0.15, 0.2) is 70.6 Å². The average Bonchev–Trinajstić information content (AvgIpc) is 3.24. The normalized spacial score (nSPS) is 10.9. The zero-order chi connectivity index (χ0) is 19.3. The number of nitrogens with one attached hydrogen (secondary N) is 1. The minimum absolute atomic E-state index is 0.120. The molecule has 0 radical (unpaired) electrons. The molecule has 0 aliphatic heterocycles. The molecule has 28 heavy (non-hydrogen) atoms. The van der Waals surface area contributed by atoms with Crippen LogP contribution in [0.25, 0.3) is 10.2 Å². The second-order valence-corrected chi connectivity index (χ2v) is 8.61. The fourth-order valence-corrected chi connectivity index (χ4v) is 4.54. The molecule has 1 amide bonds. The molecular weight excluding hydrogens is 438 g/mol. The molecule has 3 aromatic heterocycles. The second kappa shape index (κ2) is 8.58. The molecule has 4 aromatic rings. The zero-order valence-corrected chi connectivity index (χ0v) is 17.4. The van der Waals surface area contributed by atoms with Crippen molar-refractivity contribution in [2.75, 3.05) is 6.61 Å². The van der Waals surface area contributed by atoms with Crippen LogP contribution >= 0.6 is 27.3 Å². The van der Waals surface area contributed by atoms with Crippen LogP contribution in [-0.4, -0.2) is 22.1 Å². The molecule has 5 nitrogen and oxygen atoms in total. The lowest BCUT2D eigenvalue weighted by Crippen LogP contribution is -2.26. The summed E-state index contributed by atoms with van der Waals surface area (Å²) < 4.78 is 9.94. The number of hydrogen-bond acceptors (Lipinski definition) is 4. The van der Waals surface area contributed by atoms with Crippen LogP contribution in [0.4, 0.5) is 0 Å². The Bertz CT molecular complexity index is 1080. The molecule has 0 aliphatic carbocycles. The quantitative estimate of drug-likeness (QED) is 0.432. The number of halogens is 1. The topological polar surface area (TPSA) is 56.2 Å². The molecule has 0 aliphatic rings. The first kappa shape index (κ1) is 18.7. The van der Waals surface area contributed by atoms with Gasteiger partial charge in [0.25, 0.3) is 5.91 Å². The van der Waals surface area contributed by atoms with Crippen molar-refractivity contribution in [2.45, 2.75) is 13.1 Å². The number of aromatic nitrogens is 2. The minimum atomic E-state index is -0.120. The van der Waals surface area contributed by atoms with E-state index in [-0.39, 0.29) is 5.91 Å². The van der Waals surface area contributed by atoms with Gasteiger partial charge in [0.1, 0.15) is 18.1 Å². The number of hydrogen-bond donors (Lipinski definition) is 1. The Kier molecular flexibility index (Phi) is 5.73. The van der Waals surface area contributed by atoms with E-state index < -0.39 is 0 Å². The number of pyridine rings is 1. The maximum absolute atomic E-state index is 12.8. The third-order valence-corrected chi connectivity index (χ3v) is 5.85. The first-order valence-electron chi connectivity index (χ1n) is 8.85. The Balaban J connectivity index is 1.51. The molecule has 1 aromatic carbocycles. The van der Waals surface area contributed by atoms with Crippen LogP contribution in [0, 0.1) is 0 Å². The highest BCUT2D eigenvalue weighted by Gasteiger charge is 2.17. The number of thiophene rings is 1. The van der Waals surface area contributed by atoms with Gasteiger partial charge >= 0.3 is 0 Å². The maximum Gasteiger partial charge on any atom is 0.268 e. The van der Waals surface area contributed by atoms with Gasteiger partial charge in [-0.3, -0.25) is 9.78 Å². The van der Waals surface area contributed by atoms with E-state index in [2.05, 4.69) is 26.2 Å². The number of ether oxygens (including phenoxy) is 1. The molecule has 4 rings (SSSR count). The van der Waals surface area contributed by atoms with E-state index >= 15 is 0 Å². The van der Waals surface area contributed by atoms with E-state index in [0.29, 0.717) is 25.4 Å². The number of fused-ring (bicyclic) bond motifs is 1. The van der Waals surface area contributed by atoms with Crippen LogP contribution in [0.2, 0.25) is 0 Å². The number of benzene rings is 1. The predicted molar refractivity (Wildman–Crippen MR) is 115 cm³/mol. The van der Waals surface area contributed by atoms with Gasteiger partial charge in [-0.25, -0.2) is 0 Å². The molecule has 0 bridgehead atoms. The van der Waals surface area contributed by atoms with Crippen molar-refractivity contribution in [3.8, 4) is 5.75 Å². The lowest BCUT2D eigenvalue weighted by atomic mass is 10.3. The van der Waals surface area contributed by atoms with Gasteiger partial charge in [0.15, 0.2) is 0 Å². The van der Waals surface area contributed by atoms with Crippen LogP contribution in [0.1, 0.15) is 16.2 Å². The molecule has 0 unspecified atom stereocenters. The number of carbonyl (C=O) groups is 1. The van der Waals surface area contributed by atoms with Crippen LogP contribution in [0.5, 0.6) is 5.75 Å². The standard InChI is InChI=1S/C21H18BrN3O2S/c22-20-13-17-19(28-20)12-18(21(26)24-14-15-6-4-5-9-23-15)25(17)10-11-27-16-7-2-1-3-8-16/h1-9,12-13H,10-11,14H2,(H,24,26). The monoisotopic (exact) mass is 455 g/mol. The summed E-state index contributed by atoms with van der Waals surface area (Å²) in [5, 5.41) is 2.96. The molecule has 0 spiro atoms. The molecule has 7 heteroatoms. The van der Waals surface area contributed by atoms with Gasteiger partial charge in [-0.2, -0.15) is 0 Å². The van der Waals surface area contributed by atoms with E-state index in [1.165, 1.54) is 0 Å². The van der Waals surface area contributed by atoms with Crippen LogP contribution in [-0.2, 0) is 13.1 Å². The minimum Gasteiger partial charge on any atom is -0.492 e. The van der Waals surface area contributed by atoms with Gasteiger partial charge in [-0.05, 0) is 52.3 Å². The smallest absolute Gasteiger partial charge is 0.268 e. The Hall–Kier alpha value is -2.64. The van der Waals surface area contributed by atoms with Gasteiger partial charge in [0.2, 0.25) is 0 Å². The molecule has 0 atom stereocenters. The number of para-hydroxylation sites is 1. The summed E-state index contributed by atoms with van der Waals surface area (Å²) in [5.74, 6) is 0.698. The van der Waals surface area contributed by atoms with Gasteiger partial charge in [-0.15, -0.1) is 11.3 Å². The van der Waals surface area contributed by atoms with Crippen molar-refractivity contribution in [2.24, 2.45) is 0 Å². The Morgan fingerprint density at radius 1 is 1.14 bits per heavy atom. The van der Waals surface area contributed by atoms with E-state index in [4.69, 9.17) is 4.74 Å². The number of amides is 1. The highest BCUT2D eigenvalue weighted by Crippen LogP contribution is 2.32. The van der Waals surface area contributed by atoms with E-state index in [0.717, 1.165) is 25.4 Å². The second-order valence-electron chi connectivity index (χ2n) is 6.15. The fourth-order valence-electron chi connectivity index (χ4n) is 2.98. The lowest BCUT2D eigenvalue weighted by molar-refractivity contribution is 0.0940. The third kappa shape index (κ3) is 4.26. The number of nitrogens with zero attached hydrogens (tertiary/aromatic N) is 2. The summed E-state index contributed by atoms with van der Waals surface area (Å²) in [7, 11) is 0. The predicted octanol–water partition coefficient (Wildman–Crippen LogP) is 4.87. The molecular formula is C21H18BrN3O2S. The van der Waals surface area contributed by atoms with Crippen molar-refractivity contribution in [3.63, 3.8) is 0 Å². The summed E-state index contributed by atoms with van der Waals surface area (Å²) in [6.45, 7) is 1.44. The van der Waals surface area contributed by atoms with Crippen molar-refractivity contribution < 1.29 is 9.53 Å². The van der Waals surface area contributed by atoms with Crippen molar-refractivity contribution >= 4 is 43.4 Å². The SMILES string of the molecule is O=C(NCc1ccccn1)c1cc2sc(Br)cc2n1CCOc1ccccc1. The first-order chi connectivity index (χ1) is 13.7.